The summed E-state index contributed by atoms with van der Waals surface area (Å²) >= 11 is 6.13. The molecule has 0 aliphatic carbocycles. The van der Waals surface area contributed by atoms with Gasteiger partial charge in [0, 0.05) is 0 Å². The van der Waals surface area contributed by atoms with E-state index in [0.717, 1.165) is 5.56 Å². The number of aliphatic hydroxyl groups is 2. The maximum atomic E-state index is 11.9. The fraction of sp³-hybridized carbons (Fsp3) is 0.421. The van der Waals surface area contributed by atoms with Gasteiger partial charge in [-0.05, 0) is 24.1 Å². The van der Waals surface area contributed by atoms with E-state index in [2.05, 4.69) is 20.4 Å². The standard InChI is InChI=1S/C19H24ClN5O9P2/c1-10(11-5-3-2-4-6-11)22-17-18-21-7-12(25(18)24-19(20)23-17)16-15(27)14(26)13(34-16)8-33-36(31,32)9-35(28,29)30/h2-7,10,13-16,26-27H,8-9H2,1H3,(H,31,32)(H,22,23,24)(H2,28,29,30)/t10-,13+,14+,15+,16-/m0/s1. The van der Waals surface area contributed by atoms with Crippen molar-refractivity contribution in [2.24, 2.45) is 0 Å². The topological polar surface area (TPSA) is 209 Å². The molecule has 36 heavy (non-hydrogen) atoms. The summed E-state index contributed by atoms with van der Waals surface area (Å²) in [7, 11) is -9.51. The van der Waals surface area contributed by atoms with Crippen LogP contribution in [-0.2, 0) is 18.4 Å². The van der Waals surface area contributed by atoms with E-state index in [0.29, 0.717) is 5.82 Å². The lowest BCUT2D eigenvalue weighted by Gasteiger charge is -2.18. The number of rotatable bonds is 9. The molecule has 6 N–H and O–H groups in total. The fourth-order valence-corrected chi connectivity index (χ4v) is 6.52. The number of benzene rings is 1. The van der Waals surface area contributed by atoms with Crippen LogP contribution < -0.4 is 5.32 Å². The number of halogens is 1. The van der Waals surface area contributed by atoms with Crippen molar-refractivity contribution in [3.8, 4) is 0 Å². The second kappa shape index (κ2) is 10.4. The summed E-state index contributed by atoms with van der Waals surface area (Å²) in [6.45, 7) is 1.21. The molecule has 1 aliphatic heterocycles. The summed E-state index contributed by atoms with van der Waals surface area (Å²) in [6.07, 6.45) is -4.18. The molecule has 3 heterocycles. The molecule has 1 unspecified atom stereocenters. The third-order valence-corrected chi connectivity index (χ3v) is 9.09. The average molecular weight is 564 g/mol. The van der Waals surface area contributed by atoms with Crippen LogP contribution in [0.25, 0.3) is 5.65 Å². The number of nitrogens with zero attached hydrogens (tertiary/aromatic N) is 4. The maximum absolute atomic E-state index is 11.9. The molecule has 0 bridgehead atoms. The Morgan fingerprint density at radius 2 is 1.89 bits per heavy atom. The first kappa shape index (κ1) is 27.1. The number of anilines is 1. The van der Waals surface area contributed by atoms with Gasteiger partial charge in [0.1, 0.15) is 24.4 Å². The van der Waals surface area contributed by atoms with Crippen LogP contribution in [0.5, 0.6) is 0 Å². The van der Waals surface area contributed by atoms with E-state index in [-0.39, 0.29) is 22.7 Å². The molecule has 1 aliphatic rings. The number of hydrogen-bond donors (Lipinski definition) is 6. The molecule has 17 heteroatoms. The van der Waals surface area contributed by atoms with E-state index >= 15 is 0 Å². The summed E-state index contributed by atoms with van der Waals surface area (Å²) < 4.78 is 34.6. The van der Waals surface area contributed by atoms with Gasteiger partial charge in [0.2, 0.25) is 5.28 Å². The molecular formula is C19H24ClN5O9P2. The van der Waals surface area contributed by atoms with Crippen LogP contribution in [0.15, 0.2) is 36.5 Å². The number of imidazole rings is 1. The molecule has 196 valence electrons. The molecule has 6 atom stereocenters. The van der Waals surface area contributed by atoms with Crippen molar-refractivity contribution >= 4 is 38.3 Å². The minimum absolute atomic E-state index is 0.129. The first-order chi connectivity index (χ1) is 16.8. The lowest BCUT2D eigenvalue weighted by molar-refractivity contribution is -0.0204. The first-order valence-corrected chi connectivity index (χ1v) is 14.5. The molecule has 0 amide bonds. The summed E-state index contributed by atoms with van der Waals surface area (Å²) in [6, 6.07) is 9.40. The highest BCUT2D eigenvalue weighted by Gasteiger charge is 2.46. The third kappa shape index (κ3) is 6.12. The van der Waals surface area contributed by atoms with E-state index in [1.54, 1.807) is 0 Å². The average Bonchev–Trinajstić information content (AvgIpc) is 3.32. The zero-order valence-electron chi connectivity index (χ0n) is 18.7. The molecule has 0 spiro atoms. The van der Waals surface area contributed by atoms with Crippen LogP contribution in [0.2, 0.25) is 5.28 Å². The third-order valence-electron chi connectivity index (χ3n) is 5.47. The molecule has 0 radical (unpaired) electrons. The summed E-state index contributed by atoms with van der Waals surface area (Å²) in [5.74, 6) is -1.08. The molecule has 1 aromatic carbocycles. The maximum Gasteiger partial charge on any atom is 0.340 e. The highest BCUT2D eigenvalue weighted by atomic mass is 35.5. The van der Waals surface area contributed by atoms with Crippen molar-refractivity contribution in [2.75, 3.05) is 17.8 Å². The van der Waals surface area contributed by atoms with E-state index in [9.17, 15) is 24.2 Å². The Bertz CT molecular complexity index is 1320. The van der Waals surface area contributed by atoms with Crippen LogP contribution in [-0.4, -0.2) is 75.3 Å². The van der Waals surface area contributed by atoms with Crippen molar-refractivity contribution in [1.29, 1.82) is 0 Å². The van der Waals surface area contributed by atoms with Gasteiger partial charge in [0.25, 0.3) is 0 Å². The Hall–Kier alpha value is -1.96. The van der Waals surface area contributed by atoms with Crippen molar-refractivity contribution in [3.63, 3.8) is 0 Å². The summed E-state index contributed by atoms with van der Waals surface area (Å²) in [5, 5.41) is 28.2. The zero-order valence-corrected chi connectivity index (χ0v) is 21.2. The van der Waals surface area contributed by atoms with Crippen LogP contribution >= 0.6 is 26.8 Å². The van der Waals surface area contributed by atoms with Crippen molar-refractivity contribution in [2.45, 2.75) is 37.4 Å². The van der Waals surface area contributed by atoms with Gasteiger partial charge in [-0.1, -0.05) is 30.3 Å². The summed E-state index contributed by atoms with van der Waals surface area (Å²) in [5.41, 5.74) is 1.46. The predicted molar refractivity (Wildman–Crippen MR) is 127 cm³/mol. The van der Waals surface area contributed by atoms with E-state index < -0.39 is 52.1 Å². The van der Waals surface area contributed by atoms with Crippen molar-refractivity contribution < 1.29 is 43.3 Å². The quantitative estimate of drug-likeness (QED) is 0.204. The normalized spacial score (nSPS) is 25.1. The molecule has 4 rings (SSSR count). The van der Waals surface area contributed by atoms with E-state index in [1.165, 1.54) is 10.7 Å². The second-order valence-corrected chi connectivity index (χ2v) is 12.6. The van der Waals surface area contributed by atoms with Gasteiger partial charge < -0.3 is 39.5 Å². The van der Waals surface area contributed by atoms with Gasteiger partial charge >= 0.3 is 15.2 Å². The van der Waals surface area contributed by atoms with Crippen LogP contribution in [0, 0.1) is 0 Å². The highest BCUT2D eigenvalue weighted by Crippen LogP contribution is 2.55. The van der Waals surface area contributed by atoms with Crippen molar-refractivity contribution in [1.82, 2.24) is 19.6 Å². The predicted octanol–water partition coefficient (Wildman–Crippen LogP) is 1.45. The van der Waals surface area contributed by atoms with Crippen LogP contribution in [0.4, 0.5) is 5.82 Å². The van der Waals surface area contributed by atoms with E-state index in [4.69, 9.17) is 30.6 Å². The SMILES string of the molecule is C[C@H](Nc1nc(Cl)nn2c([C@@H]3O[C@H](COP(=O)(O)CP(=O)(O)O)[C@@H](O)[C@H]3O)cnc12)c1ccccc1. The minimum atomic E-state index is -4.83. The Balaban J connectivity index is 1.55. The number of fused-ring (bicyclic) bond motifs is 1. The minimum Gasteiger partial charge on any atom is -0.387 e. The van der Waals surface area contributed by atoms with E-state index in [1.807, 2.05) is 37.3 Å². The molecule has 3 aromatic rings. The van der Waals surface area contributed by atoms with Gasteiger partial charge in [0.05, 0.1) is 24.5 Å². The molecule has 1 fully saturated rings. The van der Waals surface area contributed by atoms with Gasteiger partial charge in [-0.25, -0.2) is 9.50 Å². The molecule has 0 saturated carbocycles. The fourth-order valence-electron chi connectivity index (χ4n) is 3.79. The highest BCUT2D eigenvalue weighted by molar-refractivity contribution is 7.70. The number of aliphatic hydroxyl groups excluding tert-OH is 2. The Morgan fingerprint density at radius 3 is 2.56 bits per heavy atom. The monoisotopic (exact) mass is 563 g/mol. The number of nitrogens with one attached hydrogen (secondary N) is 1. The molecule has 1 saturated heterocycles. The van der Waals surface area contributed by atoms with Gasteiger partial charge in [-0.3, -0.25) is 9.13 Å². The van der Waals surface area contributed by atoms with Gasteiger partial charge in [0.15, 0.2) is 17.4 Å². The lowest BCUT2D eigenvalue weighted by Crippen LogP contribution is -2.33. The Labute approximate surface area is 209 Å². The largest absolute Gasteiger partial charge is 0.387 e. The van der Waals surface area contributed by atoms with Crippen LogP contribution in [0.3, 0.4) is 0 Å². The van der Waals surface area contributed by atoms with Crippen molar-refractivity contribution in [3.05, 3.63) is 53.1 Å². The summed E-state index contributed by atoms with van der Waals surface area (Å²) in [4.78, 5) is 36.0. The molecule has 14 nitrogen and oxygen atoms in total. The van der Waals surface area contributed by atoms with Gasteiger partial charge in [-0.2, -0.15) is 4.98 Å². The van der Waals surface area contributed by atoms with Gasteiger partial charge in [-0.15, -0.1) is 5.10 Å². The zero-order chi connectivity index (χ0) is 26.3. The first-order valence-electron chi connectivity index (χ1n) is 10.6. The smallest absolute Gasteiger partial charge is 0.340 e. The Morgan fingerprint density at radius 1 is 1.19 bits per heavy atom. The van der Waals surface area contributed by atoms with Crippen LogP contribution in [0.1, 0.15) is 30.3 Å². The second-order valence-electron chi connectivity index (χ2n) is 8.24. The number of hydrogen-bond acceptors (Lipinski definition) is 10. The number of ether oxygens (including phenoxy) is 1. The number of aromatic nitrogens is 4. The molecular weight excluding hydrogens is 540 g/mol. The lowest BCUT2D eigenvalue weighted by atomic mass is 10.1. The Kier molecular flexibility index (Phi) is 7.84. The molecule has 2 aromatic heterocycles.